The van der Waals surface area contributed by atoms with Gasteiger partial charge in [0.05, 0.1) is 0 Å². The fourth-order valence-corrected chi connectivity index (χ4v) is 1.19. The van der Waals surface area contributed by atoms with Crippen molar-refractivity contribution in [1.82, 2.24) is 5.16 Å². The van der Waals surface area contributed by atoms with E-state index >= 15 is 0 Å². The summed E-state index contributed by atoms with van der Waals surface area (Å²) in [6, 6.07) is 3.24. The number of hydrogen-bond acceptors (Lipinski definition) is 2. The van der Waals surface area contributed by atoms with Crippen molar-refractivity contribution in [3.63, 3.8) is 0 Å². The molecule has 17 heavy (non-hydrogen) atoms. The third-order valence-electron chi connectivity index (χ3n) is 2.00. The molecule has 0 spiro atoms. The number of rotatable bonds is 1. The second kappa shape index (κ2) is 3.83. The number of nitrogens with zero attached hydrogens (tertiary/aromatic N) is 1. The Kier molecular flexibility index (Phi) is 2.60. The molecule has 2 nitrogen and oxygen atoms in total. The molecule has 0 atom stereocenters. The predicted octanol–water partition coefficient (Wildman–Crippen LogP) is 3.64. The minimum absolute atomic E-state index is 0.0214. The van der Waals surface area contributed by atoms with E-state index in [4.69, 9.17) is 0 Å². The fourth-order valence-electron chi connectivity index (χ4n) is 1.19. The molecule has 7 heteroatoms. The highest BCUT2D eigenvalue weighted by Crippen LogP contribution is 2.31. The summed E-state index contributed by atoms with van der Waals surface area (Å²) < 4.78 is 66.5. The zero-order chi connectivity index (χ0) is 12.6. The smallest absolute Gasteiger partial charge is 0.356 e. The van der Waals surface area contributed by atoms with Crippen LogP contribution in [0.15, 0.2) is 28.8 Å². The Labute approximate surface area is 91.6 Å². The van der Waals surface area contributed by atoms with Crippen molar-refractivity contribution in [3.8, 4) is 11.3 Å². The van der Waals surface area contributed by atoms with Crippen molar-refractivity contribution in [2.45, 2.75) is 6.18 Å². The molecule has 0 fully saturated rings. The molecular formula is C10H4F5NO. The van der Waals surface area contributed by atoms with E-state index in [9.17, 15) is 22.0 Å². The van der Waals surface area contributed by atoms with Crippen LogP contribution in [0, 0.1) is 11.6 Å². The summed E-state index contributed by atoms with van der Waals surface area (Å²) in [5.74, 6) is -2.55. The average molecular weight is 249 g/mol. The molecule has 2 aromatic rings. The molecule has 0 saturated heterocycles. The number of benzene rings is 1. The summed E-state index contributed by atoms with van der Waals surface area (Å²) in [7, 11) is 0. The van der Waals surface area contributed by atoms with Gasteiger partial charge in [-0.3, -0.25) is 0 Å². The lowest BCUT2D eigenvalue weighted by Crippen LogP contribution is -2.04. The first-order valence-electron chi connectivity index (χ1n) is 4.37. The quantitative estimate of drug-likeness (QED) is 0.721. The normalized spacial score (nSPS) is 11.8. The second-order valence-electron chi connectivity index (χ2n) is 3.20. The Morgan fingerprint density at radius 1 is 1.00 bits per heavy atom. The Morgan fingerprint density at radius 2 is 1.71 bits per heavy atom. The number of hydrogen-bond donors (Lipinski definition) is 0. The van der Waals surface area contributed by atoms with Gasteiger partial charge in [-0.2, -0.15) is 13.2 Å². The molecule has 1 aromatic heterocycles. The van der Waals surface area contributed by atoms with E-state index in [2.05, 4.69) is 9.68 Å². The first-order valence-corrected chi connectivity index (χ1v) is 4.37. The molecule has 0 amide bonds. The maximum absolute atomic E-state index is 12.8. The summed E-state index contributed by atoms with van der Waals surface area (Å²) in [5, 5.41) is 2.80. The average Bonchev–Trinajstić information content (AvgIpc) is 2.70. The van der Waals surface area contributed by atoms with E-state index in [1.165, 1.54) is 0 Å². The van der Waals surface area contributed by atoms with E-state index in [0.717, 1.165) is 18.2 Å². The van der Waals surface area contributed by atoms with Crippen molar-refractivity contribution in [2.24, 2.45) is 0 Å². The van der Waals surface area contributed by atoms with Gasteiger partial charge in [-0.15, -0.1) is 0 Å². The molecule has 0 aliphatic carbocycles. The highest BCUT2D eigenvalue weighted by Gasteiger charge is 2.35. The highest BCUT2D eigenvalue weighted by atomic mass is 19.4. The van der Waals surface area contributed by atoms with Gasteiger partial charge in [0.15, 0.2) is 23.1 Å². The van der Waals surface area contributed by atoms with Crippen LogP contribution in [0.1, 0.15) is 5.69 Å². The van der Waals surface area contributed by atoms with Crippen LogP contribution in [-0.4, -0.2) is 5.16 Å². The molecule has 1 heterocycles. The summed E-state index contributed by atoms with van der Waals surface area (Å²) in [4.78, 5) is 0. The first-order chi connectivity index (χ1) is 7.88. The van der Waals surface area contributed by atoms with Crippen molar-refractivity contribution < 1.29 is 26.5 Å². The Balaban J connectivity index is 2.40. The standard InChI is InChI=1S/C10H4F5NO/c11-6-2-1-5(3-7(6)12)8-4-9(16-17-8)10(13,14)15/h1-4H. The Hall–Kier alpha value is -1.92. The molecule has 0 aliphatic heterocycles. The predicted molar refractivity (Wildman–Crippen MR) is 46.9 cm³/mol. The lowest BCUT2D eigenvalue weighted by Gasteiger charge is -1.98. The molecule has 0 unspecified atom stereocenters. The van der Waals surface area contributed by atoms with Gasteiger partial charge in [0.2, 0.25) is 0 Å². The van der Waals surface area contributed by atoms with Crippen LogP contribution in [0.5, 0.6) is 0 Å². The van der Waals surface area contributed by atoms with Crippen LogP contribution in [0.4, 0.5) is 22.0 Å². The summed E-state index contributed by atoms with van der Waals surface area (Å²) in [5.41, 5.74) is -1.25. The van der Waals surface area contributed by atoms with Gasteiger partial charge in [0.25, 0.3) is 0 Å². The minimum Gasteiger partial charge on any atom is -0.356 e. The van der Waals surface area contributed by atoms with E-state index in [1.54, 1.807) is 0 Å². The van der Waals surface area contributed by atoms with Gasteiger partial charge in [0.1, 0.15) is 0 Å². The second-order valence-corrected chi connectivity index (χ2v) is 3.20. The zero-order valence-corrected chi connectivity index (χ0v) is 8.05. The fraction of sp³-hybridized carbons (Fsp3) is 0.100. The SMILES string of the molecule is Fc1ccc(-c2cc(C(F)(F)F)no2)cc1F. The zero-order valence-electron chi connectivity index (χ0n) is 8.05. The maximum atomic E-state index is 12.8. The molecule has 1 aromatic carbocycles. The van der Waals surface area contributed by atoms with Crippen molar-refractivity contribution >= 4 is 0 Å². The molecule has 0 N–H and O–H groups in total. The van der Waals surface area contributed by atoms with Gasteiger partial charge >= 0.3 is 6.18 Å². The monoisotopic (exact) mass is 249 g/mol. The summed E-state index contributed by atoms with van der Waals surface area (Å²) in [6.45, 7) is 0. The molecule has 0 radical (unpaired) electrons. The van der Waals surface area contributed by atoms with Crippen molar-refractivity contribution in [2.75, 3.05) is 0 Å². The van der Waals surface area contributed by atoms with E-state index in [0.29, 0.717) is 6.07 Å². The molecule has 0 bridgehead atoms. The van der Waals surface area contributed by atoms with E-state index < -0.39 is 23.5 Å². The van der Waals surface area contributed by atoms with Crippen LogP contribution in [0.2, 0.25) is 0 Å². The largest absolute Gasteiger partial charge is 0.436 e. The topological polar surface area (TPSA) is 26.0 Å². The number of halogens is 5. The third kappa shape index (κ3) is 2.27. The molecule has 0 saturated carbocycles. The molecule has 0 aliphatic rings. The van der Waals surface area contributed by atoms with E-state index in [-0.39, 0.29) is 11.3 Å². The van der Waals surface area contributed by atoms with Crippen molar-refractivity contribution in [3.05, 3.63) is 41.6 Å². The molecule has 2 rings (SSSR count). The van der Waals surface area contributed by atoms with Crippen LogP contribution in [-0.2, 0) is 6.18 Å². The van der Waals surface area contributed by atoms with Crippen molar-refractivity contribution in [1.29, 1.82) is 0 Å². The lowest BCUT2D eigenvalue weighted by molar-refractivity contribution is -0.142. The number of aromatic nitrogens is 1. The van der Waals surface area contributed by atoms with Crippen LogP contribution in [0.3, 0.4) is 0 Å². The summed E-state index contributed by atoms with van der Waals surface area (Å²) >= 11 is 0. The maximum Gasteiger partial charge on any atom is 0.436 e. The Bertz CT molecular complexity index is 546. The first kappa shape index (κ1) is 11.6. The third-order valence-corrected chi connectivity index (χ3v) is 2.00. The van der Waals surface area contributed by atoms with Crippen LogP contribution >= 0.6 is 0 Å². The van der Waals surface area contributed by atoms with Crippen LogP contribution < -0.4 is 0 Å². The van der Waals surface area contributed by atoms with Gasteiger partial charge < -0.3 is 4.52 Å². The van der Waals surface area contributed by atoms with Gasteiger partial charge in [-0.05, 0) is 18.2 Å². The summed E-state index contributed by atoms with van der Waals surface area (Å²) in [6.07, 6.45) is -4.64. The molecular weight excluding hydrogens is 245 g/mol. The van der Waals surface area contributed by atoms with Crippen LogP contribution in [0.25, 0.3) is 11.3 Å². The van der Waals surface area contributed by atoms with E-state index in [1.807, 2.05) is 0 Å². The Morgan fingerprint density at radius 3 is 2.24 bits per heavy atom. The van der Waals surface area contributed by atoms with Gasteiger partial charge in [-0.25, -0.2) is 8.78 Å². The highest BCUT2D eigenvalue weighted by molar-refractivity contribution is 5.57. The number of alkyl halides is 3. The minimum atomic E-state index is -4.64. The molecule has 90 valence electrons. The lowest BCUT2D eigenvalue weighted by atomic mass is 10.1. The van der Waals surface area contributed by atoms with Gasteiger partial charge in [-0.1, -0.05) is 5.16 Å². The van der Waals surface area contributed by atoms with Gasteiger partial charge in [0, 0.05) is 11.6 Å².